The van der Waals surface area contributed by atoms with Crippen LogP contribution in [0, 0.1) is 0 Å². The van der Waals surface area contributed by atoms with Gasteiger partial charge in [-0.3, -0.25) is 4.79 Å². The quantitative estimate of drug-likeness (QED) is 0.468. The van der Waals surface area contributed by atoms with Crippen molar-refractivity contribution < 1.29 is 9.21 Å². The maximum Gasteiger partial charge on any atom is 0.255 e. The second-order valence-electron chi connectivity index (χ2n) is 5.66. The number of nitrogens with one attached hydrogen (secondary N) is 1. The molecule has 0 bridgehead atoms. The van der Waals surface area contributed by atoms with Crippen LogP contribution < -0.4 is 5.32 Å². The summed E-state index contributed by atoms with van der Waals surface area (Å²) in [6, 6.07) is 19.6. The number of hydrogen-bond acceptors (Lipinski definition) is 3. The number of nitrogens with zero attached hydrogens (tertiary/aromatic N) is 1. The molecule has 0 aliphatic rings. The van der Waals surface area contributed by atoms with E-state index in [1.54, 1.807) is 36.4 Å². The molecule has 1 aromatic heterocycles. The standard InChI is InChI=1S/C20H12Cl2N2O2/c21-14-10-16(22)18-17(11-14)24-20(26-18)13-7-4-8-15(9-13)23-19(25)12-5-2-1-3-6-12/h1-11H,(H,23,25). The molecule has 1 amide bonds. The van der Waals surface area contributed by atoms with Crippen LogP contribution in [0.3, 0.4) is 0 Å². The summed E-state index contributed by atoms with van der Waals surface area (Å²) in [5.74, 6) is 0.218. The Bertz CT molecular complexity index is 1110. The van der Waals surface area contributed by atoms with Gasteiger partial charge in [-0.2, -0.15) is 0 Å². The van der Waals surface area contributed by atoms with Crippen LogP contribution in [0.4, 0.5) is 5.69 Å². The summed E-state index contributed by atoms with van der Waals surface area (Å²) in [5, 5.41) is 3.76. The SMILES string of the molecule is O=C(Nc1cccc(-c2nc3cc(Cl)cc(Cl)c3o2)c1)c1ccccc1. The van der Waals surface area contributed by atoms with E-state index in [2.05, 4.69) is 10.3 Å². The molecule has 0 spiro atoms. The number of oxazole rings is 1. The van der Waals surface area contributed by atoms with E-state index in [1.165, 1.54) is 0 Å². The summed E-state index contributed by atoms with van der Waals surface area (Å²) in [6.07, 6.45) is 0. The third kappa shape index (κ3) is 3.29. The largest absolute Gasteiger partial charge is 0.435 e. The number of aromatic nitrogens is 1. The molecule has 4 nitrogen and oxygen atoms in total. The Morgan fingerprint density at radius 2 is 1.77 bits per heavy atom. The van der Waals surface area contributed by atoms with Crippen molar-refractivity contribution in [2.45, 2.75) is 0 Å². The maximum absolute atomic E-state index is 12.3. The summed E-state index contributed by atoms with van der Waals surface area (Å²) >= 11 is 12.2. The van der Waals surface area contributed by atoms with Crippen LogP contribution in [0.25, 0.3) is 22.6 Å². The van der Waals surface area contributed by atoms with Crippen LogP contribution in [0.5, 0.6) is 0 Å². The molecule has 0 unspecified atom stereocenters. The smallest absolute Gasteiger partial charge is 0.255 e. The molecule has 128 valence electrons. The fraction of sp³-hybridized carbons (Fsp3) is 0. The Balaban J connectivity index is 1.66. The van der Waals surface area contributed by atoms with Gasteiger partial charge in [-0.1, -0.05) is 47.5 Å². The average molecular weight is 383 g/mol. The van der Waals surface area contributed by atoms with Gasteiger partial charge in [-0.15, -0.1) is 0 Å². The molecular formula is C20H12Cl2N2O2. The molecule has 4 aromatic rings. The van der Waals surface area contributed by atoms with Crippen LogP contribution in [-0.4, -0.2) is 10.9 Å². The second kappa shape index (κ2) is 6.83. The minimum atomic E-state index is -0.185. The lowest BCUT2D eigenvalue weighted by Gasteiger charge is -2.06. The lowest BCUT2D eigenvalue weighted by molar-refractivity contribution is 0.102. The predicted molar refractivity (Wildman–Crippen MR) is 104 cm³/mol. The van der Waals surface area contributed by atoms with Crippen molar-refractivity contribution >= 4 is 45.9 Å². The first-order valence-corrected chi connectivity index (χ1v) is 8.58. The Labute approximate surface area is 159 Å². The van der Waals surface area contributed by atoms with Crippen molar-refractivity contribution in [3.63, 3.8) is 0 Å². The number of carbonyl (C=O) groups excluding carboxylic acids is 1. The van der Waals surface area contributed by atoms with Gasteiger partial charge in [0.2, 0.25) is 5.89 Å². The number of benzene rings is 3. The molecule has 0 aliphatic carbocycles. The van der Waals surface area contributed by atoms with Crippen molar-refractivity contribution in [2.24, 2.45) is 0 Å². The van der Waals surface area contributed by atoms with Gasteiger partial charge in [-0.25, -0.2) is 4.98 Å². The number of amides is 1. The molecule has 0 aliphatic heterocycles. The van der Waals surface area contributed by atoms with Crippen molar-refractivity contribution in [3.05, 3.63) is 82.3 Å². The number of anilines is 1. The van der Waals surface area contributed by atoms with Crippen molar-refractivity contribution in [1.82, 2.24) is 4.98 Å². The first-order chi connectivity index (χ1) is 12.6. The number of halogens is 2. The average Bonchev–Trinajstić information content (AvgIpc) is 3.07. The summed E-state index contributed by atoms with van der Waals surface area (Å²) in [7, 11) is 0. The van der Waals surface area contributed by atoms with Crippen LogP contribution in [-0.2, 0) is 0 Å². The van der Waals surface area contributed by atoms with Crippen LogP contribution >= 0.6 is 23.2 Å². The highest BCUT2D eigenvalue weighted by atomic mass is 35.5. The fourth-order valence-electron chi connectivity index (χ4n) is 2.61. The highest BCUT2D eigenvalue weighted by molar-refractivity contribution is 6.38. The molecule has 6 heteroatoms. The third-order valence-corrected chi connectivity index (χ3v) is 4.31. The summed E-state index contributed by atoms with van der Waals surface area (Å²) in [6.45, 7) is 0. The van der Waals surface area contributed by atoms with Crippen molar-refractivity contribution in [1.29, 1.82) is 0 Å². The summed E-state index contributed by atoms with van der Waals surface area (Å²) in [5.41, 5.74) is 3.00. The number of rotatable bonds is 3. The highest BCUT2D eigenvalue weighted by Crippen LogP contribution is 2.32. The van der Waals surface area contributed by atoms with E-state index in [1.807, 2.05) is 30.3 Å². The lowest BCUT2D eigenvalue weighted by atomic mass is 10.1. The fourth-order valence-corrected chi connectivity index (χ4v) is 3.13. The summed E-state index contributed by atoms with van der Waals surface area (Å²) < 4.78 is 5.77. The predicted octanol–water partition coefficient (Wildman–Crippen LogP) is 6.05. The van der Waals surface area contributed by atoms with Crippen LogP contribution in [0.2, 0.25) is 10.0 Å². The molecule has 4 rings (SSSR count). The first-order valence-electron chi connectivity index (χ1n) is 7.82. The van der Waals surface area contributed by atoms with Crippen LogP contribution in [0.1, 0.15) is 10.4 Å². The number of carbonyl (C=O) groups is 1. The van der Waals surface area contributed by atoms with Gasteiger partial charge >= 0.3 is 0 Å². The van der Waals surface area contributed by atoms with Gasteiger partial charge in [0.05, 0.1) is 5.02 Å². The number of fused-ring (bicyclic) bond motifs is 1. The molecule has 0 saturated carbocycles. The molecule has 0 radical (unpaired) electrons. The van der Waals surface area contributed by atoms with E-state index in [9.17, 15) is 4.79 Å². The minimum Gasteiger partial charge on any atom is -0.435 e. The van der Waals surface area contributed by atoms with Gasteiger partial charge in [-0.05, 0) is 42.5 Å². The summed E-state index contributed by atoms with van der Waals surface area (Å²) in [4.78, 5) is 16.7. The van der Waals surface area contributed by atoms with Crippen LogP contribution in [0.15, 0.2) is 71.1 Å². The molecule has 3 aromatic carbocycles. The van der Waals surface area contributed by atoms with E-state index >= 15 is 0 Å². The van der Waals surface area contributed by atoms with E-state index < -0.39 is 0 Å². The Morgan fingerprint density at radius 3 is 2.58 bits per heavy atom. The van der Waals surface area contributed by atoms with Gasteiger partial charge < -0.3 is 9.73 Å². The third-order valence-electron chi connectivity index (χ3n) is 3.81. The zero-order valence-corrected chi connectivity index (χ0v) is 14.9. The molecule has 0 saturated heterocycles. The molecule has 1 heterocycles. The molecule has 0 fully saturated rings. The second-order valence-corrected chi connectivity index (χ2v) is 6.50. The number of hydrogen-bond donors (Lipinski definition) is 1. The normalized spacial score (nSPS) is 10.8. The van der Waals surface area contributed by atoms with Gasteiger partial charge in [0.1, 0.15) is 5.52 Å². The Hall–Kier alpha value is -2.82. The van der Waals surface area contributed by atoms with Gasteiger partial charge in [0, 0.05) is 21.8 Å². The van der Waals surface area contributed by atoms with E-state index in [0.717, 1.165) is 5.56 Å². The van der Waals surface area contributed by atoms with E-state index in [-0.39, 0.29) is 5.91 Å². The monoisotopic (exact) mass is 382 g/mol. The maximum atomic E-state index is 12.3. The molecule has 0 atom stereocenters. The van der Waals surface area contributed by atoms with Crippen molar-refractivity contribution in [2.75, 3.05) is 5.32 Å². The molecular weight excluding hydrogens is 371 g/mol. The lowest BCUT2D eigenvalue weighted by Crippen LogP contribution is -2.11. The molecule has 1 N–H and O–H groups in total. The van der Waals surface area contributed by atoms with E-state index in [4.69, 9.17) is 27.6 Å². The Kier molecular flexibility index (Phi) is 4.37. The first kappa shape index (κ1) is 16.6. The Morgan fingerprint density at radius 1 is 0.962 bits per heavy atom. The highest BCUT2D eigenvalue weighted by Gasteiger charge is 2.13. The zero-order chi connectivity index (χ0) is 18.1. The topological polar surface area (TPSA) is 55.1 Å². The van der Waals surface area contributed by atoms with Crippen molar-refractivity contribution in [3.8, 4) is 11.5 Å². The molecule has 26 heavy (non-hydrogen) atoms. The van der Waals surface area contributed by atoms with E-state index in [0.29, 0.717) is 38.3 Å². The van der Waals surface area contributed by atoms with Gasteiger partial charge in [0.15, 0.2) is 5.58 Å². The van der Waals surface area contributed by atoms with Gasteiger partial charge in [0.25, 0.3) is 5.91 Å². The zero-order valence-electron chi connectivity index (χ0n) is 13.4. The minimum absolute atomic E-state index is 0.185.